The molecule has 16 heavy (non-hydrogen) atoms. The molecular weight excluding hydrogens is 204 g/mol. The molecule has 0 amide bonds. The Morgan fingerprint density at radius 3 is 3.25 bits per heavy atom. The maximum Gasteiger partial charge on any atom is 0.144 e. The van der Waals surface area contributed by atoms with E-state index in [1.54, 1.807) is 6.20 Å². The largest absolute Gasteiger partial charge is 0.376 e. The number of rotatable bonds is 5. The van der Waals surface area contributed by atoms with Gasteiger partial charge in [-0.05, 0) is 26.0 Å². The van der Waals surface area contributed by atoms with Crippen LogP contribution in [0, 0.1) is 0 Å². The SMILES string of the molecule is CNCc1nccc(NCC2CCCO2)n1. The zero-order valence-electron chi connectivity index (χ0n) is 9.57. The highest BCUT2D eigenvalue weighted by molar-refractivity contribution is 5.33. The smallest absolute Gasteiger partial charge is 0.144 e. The molecule has 0 aromatic carbocycles. The van der Waals surface area contributed by atoms with Gasteiger partial charge < -0.3 is 15.4 Å². The lowest BCUT2D eigenvalue weighted by Gasteiger charge is -2.11. The van der Waals surface area contributed by atoms with E-state index in [0.29, 0.717) is 12.6 Å². The summed E-state index contributed by atoms with van der Waals surface area (Å²) in [5.74, 6) is 1.68. The summed E-state index contributed by atoms with van der Waals surface area (Å²) in [6.45, 7) is 2.41. The van der Waals surface area contributed by atoms with Crippen molar-refractivity contribution in [2.24, 2.45) is 0 Å². The summed E-state index contributed by atoms with van der Waals surface area (Å²) in [7, 11) is 1.88. The van der Waals surface area contributed by atoms with Gasteiger partial charge in [-0.25, -0.2) is 9.97 Å². The summed E-state index contributed by atoms with van der Waals surface area (Å²) >= 11 is 0. The van der Waals surface area contributed by atoms with Crippen molar-refractivity contribution in [3.8, 4) is 0 Å². The third-order valence-corrected chi connectivity index (χ3v) is 2.58. The summed E-state index contributed by atoms with van der Waals surface area (Å²) in [6.07, 6.45) is 4.42. The van der Waals surface area contributed by atoms with Crippen LogP contribution in [0.2, 0.25) is 0 Å². The van der Waals surface area contributed by atoms with E-state index in [1.807, 2.05) is 13.1 Å². The fraction of sp³-hybridized carbons (Fsp3) is 0.636. The molecule has 5 nitrogen and oxygen atoms in total. The van der Waals surface area contributed by atoms with E-state index >= 15 is 0 Å². The molecule has 1 fully saturated rings. The summed E-state index contributed by atoms with van der Waals surface area (Å²) in [6, 6.07) is 1.88. The molecule has 1 atom stereocenters. The Bertz CT molecular complexity index is 326. The lowest BCUT2D eigenvalue weighted by molar-refractivity contribution is 0.120. The van der Waals surface area contributed by atoms with Gasteiger partial charge in [0.05, 0.1) is 12.6 Å². The van der Waals surface area contributed by atoms with E-state index in [4.69, 9.17) is 4.74 Å². The molecule has 2 rings (SSSR count). The first-order valence-corrected chi connectivity index (χ1v) is 5.70. The minimum Gasteiger partial charge on any atom is -0.376 e. The molecular formula is C11H18N4O. The van der Waals surface area contributed by atoms with Crippen LogP contribution in [0.3, 0.4) is 0 Å². The Hall–Kier alpha value is -1.20. The quantitative estimate of drug-likeness (QED) is 0.771. The maximum absolute atomic E-state index is 5.53. The van der Waals surface area contributed by atoms with Gasteiger partial charge in [0.2, 0.25) is 0 Å². The molecule has 1 aliphatic rings. The van der Waals surface area contributed by atoms with Gasteiger partial charge in [-0.1, -0.05) is 0 Å². The van der Waals surface area contributed by atoms with Crippen LogP contribution in [-0.2, 0) is 11.3 Å². The molecule has 0 radical (unpaired) electrons. The summed E-state index contributed by atoms with van der Waals surface area (Å²) in [5.41, 5.74) is 0. The second-order valence-corrected chi connectivity index (χ2v) is 3.90. The Balaban J connectivity index is 1.85. The number of nitrogens with one attached hydrogen (secondary N) is 2. The molecule has 2 heterocycles. The molecule has 5 heteroatoms. The van der Waals surface area contributed by atoms with E-state index < -0.39 is 0 Å². The molecule has 1 aromatic heterocycles. The number of ether oxygens (including phenoxy) is 1. The molecule has 0 saturated carbocycles. The number of anilines is 1. The summed E-state index contributed by atoms with van der Waals surface area (Å²) in [5, 5.41) is 6.31. The first kappa shape index (κ1) is 11.3. The minimum absolute atomic E-state index is 0.336. The van der Waals surface area contributed by atoms with Crippen LogP contribution in [0.25, 0.3) is 0 Å². The maximum atomic E-state index is 5.53. The normalized spacial score (nSPS) is 19.9. The highest BCUT2D eigenvalue weighted by Crippen LogP contribution is 2.12. The highest BCUT2D eigenvalue weighted by atomic mass is 16.5. The number of aromatic nitrogens is 2. The zero-order chi connectivity index (χ0) is 11.2. The standard InChI is InChI=1S/C11H18N4O/c1-12-8-11-13-5-4-10(15-11)14-7-9-3-2-6-16-9/h4-5,9,12H,2-3,6-8H2,1H3,(H,13,14,15). The van der Waals surface area contributed by atoms with Gasteiger partial charge in [0.15, 0.2) is 0 Å². The van der Waals surface area contributed by atoms with Crippen molar-refractivity contribution in [1.29, 1.82) is 0 Å². The van der Waals surface area contributed by atoms with Crippen LogP contribution >= 0.6 is 0 Å². The lowest BCUT2D eigenvalue weighted by atomic mass is 10.2. The van der Waals surface area contributed by atoms with Crippen molar-refractivity contribution < 1.29 is 4.74 Å². The topological polar surface area (TPSA) is 59.1 Å². The lowest BCUT2D eigenvalue weighted by Crippen LogP contribution is -2.19. The van der Waals surface area contributed by atoms with E-state index in [2.05, 4.69) is 20.6 Å². The second kappa shape index (κ2) is 5.77. The number of nitrogens with zero attached hydrogens (tertiary/aromatic N) is 2. The van der Waals surface area contributed by atoms with E-state index in [0.717, 1.165) is 31.2 Å². The van der Waals surface area contributed by atoms with Crippen LogP contribution in [0.1, 0.15) is 18.7 Å². The molecule has 1 aromatic rings. The van der Waals surface area contributed by atoms with E-state index in [9.17, 15) is 0 Å². The molecule has 2 N–H and O–H groups in total. The average Bonchev–Trinajstić information content (AvgIpc) is 2.80. The molecule has 0 spiro atoms. The van der Waals surface area contributed by atoms with Gasteiger partial charge in [-0.15, -0.1) is 0 Å². The first-order chi connectivity index (χ1) is 7.88. The van der Waals surface area contributed by atoms with Crippen molar-refractivity contribution in [2.45, 2.75) is 25.5 Å². The van der Waals surface area contributed by atoms with Crippen LogP contribution in [0.15, 0.2) is 12.3 Å². The molecule has 0 bridgehead atoms. The first-order valence-electron chi connectivity index (χ1n) is 5.70. The Morgan fingerprint density at radius 2 is 2.50 bits per heavy atom. The van der Waals surface area contributed by atoms with E-state index in [1.165, 1.54) is 6.42 Å². The number of hydrogen-bond donors (Lipinski definition) is 2. The van der Waals surface area contributed by atoms with Crippen molar-refractivity contribution in [3.63, 3.8) is 0 Å². The highest BCUT2D eigenvalue weighted by Gasteiger charge is 2.14. The van der Waals surface area contributed by atoms with Crippen LogP contribution in [0.4, 0.5) is 5.82 Å². The Labute approximate surface area is 95.6 Å². The van der Waals surface area contributed by atoms with Crippen LogP contribution < -0.4 is 10.6 Å². The van der Waals surface area contributed by atoms with Crippen molar-refractivity contribution in [2.75, 3.05) is 25.5 Å². The van der Waals surface area contributed by atoms with Gasteiger partial charge in [0.1, 0.15) is 11.6 Å². The molecule has 88 valence electrons. The van der Waals surface area contributed by atoms with Crippen LogP contribution in [-0.4, -0.2) is 36.3 Å². The van der Waals surface area contributed by atoms with Gasteiger partial charge >= 0.3 is 0 Å². The molecule has 1 saturated heterocycles. The van der Waals surface area contributed by atoms with Crippen molar-refractivity contribution in [3.05, 3.63) is 18.1 Å². The summed E-state index contributed by atoms with van der Waals surface area (Å²) in [4.78, 5) is 8.55. The zero-order valence-corrected chi connectivity index (χ0v) is 9.57. The fourth-order valence-corrected chi connectivity index (χ4v) is 1.76. The van der Waals surface area contributed by atoms with Gasteiger partial charge in [0.25, 0.3) is 0 Å². The van der Waals surface area contributed by atoms with Gasteiger partial charge in [-0.2, -0.15) is 0 Å². The molecule has 1 unspecified atom stereocenters. The minimum atomic E-state index is 0.336. The predicted octanol–water partition coefficient (Wildman–Crippen LogP) is 0.787. The summed E-state index contributed by atoms with van der Waals surface area (Å²) < 4.78 is 5.53. The van der Waals surface area contributed by atoms with Gasteiger partial charge in [0, 0.05) is 19.3 Å². The monoisotopic (exact) mass is 222 g/mol. The molecule has 1 aliphatic heterocycles. The number of hydrogen-bond acceptors (Lipinski definition) is 5. The average molecular weight is 222 g/mol. The second-order valence-electron chi connectivity index (χ2n) is 3.90. The fourth-order valence-electron chi connectivity index (χ4n) is 1.76. The molecule has 0 aliphatic carbocycles. The van der Waals surface area contributed by atoms with E-state index in [-0.39, 0.29) is 0 Å². The Kier molecular flexibility index (Phi) is 4.07. The Morgan fingerprint density at radius 1 is 1.56 bits per heavy atom. The van der Waals surface area contributed by atoms with Crippen molar-refractivity contribution >= 4 is 5.82 Å². The predicted molar refractivity (Wildman–Crippen MR) is 62.3 cm³/mol. The third kappa shape index (κ3) is 3.15. The van der Waals surface area contributed by atoms with Crippen molar-refractivity contribution in [1.82, 2.24) is 15.3 Å². The van der Waals surface area contributed by atoms with Crippen LogP contribution in [0.5, 0.6) is 0 Å². The third-order valence-electron chi connectivity index (χ3n) is 2.58. The van der Waals surface area contributed by atoms with Gasteiger partial charge in [-0.3, -0.25) is 0 Å².